The number of halogens is 2. The van der Waals surface area contributed by atoms with E-state index in [-0.39, 0.29) is 18.1 Å². The van der Waals surface area contributed by atoms with Crippen molar-refractivity contribution < 1.29 is 9.18 Å². The number of rotatable bonds is 6. The number of benzene rings is 2. The van der Waals surface area contributed by atoms with Crippen molar-refractivity contribution in [1.82, 2.24) is 20.5 Å². The van der Waals surface area contributed by atoms with E-state index in [1.54, 1.807) is 24.4 Å². The minimum Gasteiger partial charge on any atom is -0.352 e. The third-order valence-corrected chi connectivity index (χ3v) is 5.43. The van der Waals surface area contributed by atoms with Crippen LogP contribution in [0.3, 0.4) is 0 Å². The monoisotopic (exact) mass is 426 g/mol. The Morgan fingerprint density at radius 2 is 2.03 bits per heavy atom. The lowest BCUT2D eigenvalue weighted by Gasteiger charge is -2.04. The van der Waals surface area contributed by atoms with Gasteiger partial charge in [0.25, 0.3) is 0 Å². The summed E-state index contributed by atoms with van der Waals surface area (Å²) in [7, 11) is 0. The van der Waals surface area contributed by atoms with Crippen LogP contribution in [0, 0.1) is 5.82 Å². The van der Waals surface area contributed by atoms with Crippen molar-refractivity contribution in [3.8, 4) is 21.8 Å². The number of nitrogens with one attached hydrogen (secondary N) is 2. The molecule has 0 aliphatic rings. The molecular formula is C21H16ClFN4OS. The molecule has 2 aromatic heterocycles. The molecule has 0 radical (unpaired) electrons. The minimum absolute atomic E-state index is 0.118. The van der Waals surface area contributed by atoms with Crippen LogP contribution in [0.1, 0.15) is 11.3 Å². The molecule has 2 aromatic carbocycles. The number of hydrogen-bond donors (Lipinski definition) is 2. The van der Waals surface area contributed by atoms with Gasteiger partial charge >= 0.3 is 0 Å². The summed E-state index contributed by atoms with van der Waals surface area (Å²) in [5, 5.41) is 13.1. The molecular weight excluding hydrogens is 411 g/mol. The molecule has 0 atom stereocenters. The molecule has 0 saturated carbocycles. The summed E-state index contributed by atoms with van der Waals surface area (Å²) in [6.07, 6.45) is 1.86. The molecule has 0 bridgehead atoms. The number of thiazole rings is 1. The second kappa shape index (κ2) is 8.55. The summed E-state index contributed by atoms with van der Waals surface area (Å²) >= 11 is 7.39. The summed E-state index contributed by atoms with van der Waals surface area (Å²) in [5.41, 5.74) is 4.01. The van der Waals surface area contributed by atoms with Gasteiger partial charge in [-0.2, -0.15) is 5.10 Å². The number of carbonyl (C=O) groups excluding carboxylic acids is 1. The van der Waals surface area contributed by atoms with E-state index in [4.69, 9.17) is 11.6 Å². The van der Waals surface area contributed by atoms with E-state index in [0.717, 1.165) is 27.4 Å². The standard InChI is InChI=1S/C21H16ClFN4OS/c22-15-3-1-2-13(8-15)10-24-19(28)9-17-12-29-21(26-17)18-11-25-27-20(18)14-4-6-16(23)7-5-14/h1-8,11-12H,9-10H2,(H,24,28)(H,25,27). The van der Waals surface area contributed by atoms with Crippen molar-refractivity contribution in [1.29, 1.82) is 0 Å². The average molecular weight is 427 g/mol. The van der Waals surface area contributed by atoms with Crippen LogP contribution in [0.15, 0.2) is 60.1 Å². The zero-order valence-electron chi connectivity index (χ0n) is 15.2. The van der Waals surface area contributed by atoms with Crippen molar-refractivity contribution in [2.75, 3.05) is 0 Å². The lowest BCUT2D eigenvalue weighted by Crippen LogP contribution is -2.24. The number of aromatic amines is 1. The average Bonchev–Trinajstić information content (AvgIpc) is 3.36. The highest BCUT2D eigenvalue weighted by molar-refractivity contribution is 7.13. The highest BCUT2D eigenvalue weighted by Gasteiger charge is 2.15. The maximum atomic E-state index is 13.2. The third kappa shape index (κ3) is 4.70. The van der Waals surface area contributed by atoms with E-state index in [0.29, 0.717) is 17.3 Å². The quantitative estimate of drug-likeness (QED) is 0.463. The summed E-state index contributed by atoms with van der Waals surface area (Å²) in [6, 6.07) is 13.5. The Hall–Kier alpha value is -3.03. The smallest absolute Gasteiger partial charge is 0.226 e. The van der Waals surface area contributed by atoms with Crippen LogP contribution in [0.5, 0.6) is 0 Å². The molecule has 0 unspecified atom stereocenters. The molecule has 0 saturated heterocycles. The van der Waals surface area contributed by atoms with E-state index in [1.165, 1.54) is 23.5 Å². The summed E-state index contributed by atoms with van der Waals surface area (Å²) < 4.78 is 13.2. The fraction of sp³-hybridized carbons (Fsp3) is 0.0952. The van der Waals surface area contributed by atoms with E-state index in [2.05, 4.69) is 20.5 Å². The van der Waals surface area contributed by atoms with Gasteiger partial charge in [0.1, 0.15) is 10.8 Å². The molecule has 29 heavy (non-hydrogen) atoms. The Morgan fingerprint density at radius 3 is 2.83 bits per heavy atom. The van der Waals surface area contributed by atoms with Crippen LogP contribution in [-0.4, -0.2) is 21.1 Å². The Bertz CT molecular complexity index is 1140. The Morgan fingerprint density at radius 1 is 1.21 bits per heavy atom. The van der Waals surface area contributed by atoms with Gasteiger partial charge in [0.05, 0.1) is 29.6 Å². The van der Waals surface area contributed by atoms with E-state index in [1.807, 2.05) is 23.6 Å². The van der Waals surface area contributed by atoms with Gasteiger partial charge in [-0.05, 0) is 42.0 Å². The summed E-state index contributed by atoms with van der Waals surface area (Å²) in [5.74, 6) is -0.414. The van der Waals surface area contributed by atoms with Gasteiger partial charge in [0.15, 0.2) is 0 Å². The van der Waals surface area contributed by atoms with Crippen LogP contribution in [-0.2, 0) is 17.8 Å². The van der Waals surface area contributed by atoms with Gasteiger partial charge in [-0.15, -0.1) is 11.3 Å². The number of hydrogen-bond acceptors (Lipinski definition) is 4. The molecule has 146 valence electrons. The molecule has 0 aliphatic heterocycles. The fourth-order valence-corrected chi connectivity index (χ4v) is 3.92. The summed E-state index contributed by atoms with van der Waals surface area (Å²) in [4.78, 5) is 16.8. The molecule has 2 heterocycles. The van der Waals surface area contributed by atoms with Crippen LogP contribution in [0.25, 0.3) is 21.8 Å². The Balaban J connectivity index is 1.43. The highest BCUT2D eigenvalue weighted by atomic mass is 35.5. The number of nitrogens with zero attached hydrogens (tertiary/aromatic N) is 2. The lowest BCUT2D eigenvalue weighted by atomic mass is 10.1. The topological polar surface area (TPSA) is 70.7 Å². The van der Waals surface area contributed by atoms with Gasteiger partial charge in [-0.25, -0.2) is 9.37 Å². The number of amides is 1. The number of aromatic nitrogens is 3. The predicted octanol–water partition coefficient (Wildman–Crippen LogP) is 4.85. The Kier molecular flexibility index (Phi) is 5.69. The maximum absolute atomic E-state index is 13.2. The van der Waals surface area contributed by atoms with Gasteiger partial charge in [-0.3, -0.25) is 9.89 Å². The zero-order valence-corrected chi connectivity index (χ0v) is 16.7. The summed E-state index contributed by atoms with van der Waals surface area (Å²) in [6.45, 7) is 0.410. The van der Waals surface area contributed by atoms with Gasteiger partial charge in [0, 0.05) is 22.5 Å². The largest absolute Gasteiger partial charge is 0.352 e. The van der Waals surface area contributed by atoms with E-state index in [9.17, 15) is 9.18 Å². The third-order valence-electron chi connectivity index (χ3n) is 4.27. The maximum Gasteiger partial charge on any atom is 0.226 e. The fourth-order valence-electron chi connectivity index (χ4n) is 2.87. The second-order valence-electron chi connectivity index (χ2n) is 6.39. The molecule has 0 aliphatic carbocycles. The molecule has 1 amide bonds. The van der Waals surface area contributed by atoms with Crippen molar-refractivity contribution in [2.45, 2.75) is 13.0 Å². The minimum atomic E-state index is -0.296. The second-order valence-corrected chi connectivity index (χ2v) is 7.69. The molecule has 5 nitrogen and oxygen atoms in total. The SMILES string of the molecule is O=C(Cc1csc(-c2cn[nH]c2-c2ccc(F)cc2)n1)NCc1cccc(Cl)c1. The van der Waals surface area contributed by atoms with E-state index >= 15 is 0 Å². The highest BCUT2D eigenvalue weighted by Crippen LogP contribution is 2.32. The van der Waals surface area contributed by atoms with Crippen molar-refractivity contribution >= 4 is 28.8 Å². The molecule has 2 N–H and O–H groups in total. The molecule has 0 fully saturated rings. The zero-order chi connectivity index (χ0) is 20.2. The number of H-pyrrole nitrogens is 1. The molecule has 0 spiro atoms. The molecule has 4 rings (SSSR count). The molecule has 4 aromatic rings. The molecule has 8 heteroatoms. The van der Waals surface area contributed by atoms with Crippen LogP contribution < -0.4 is 5.32 Å². The van der Waals surface area contributed by atoms with Crippen LogP contribution in [0.2, 0.25) is 5.02 Å². The normalized spacial score (nSPS) is 10.8. The first-order chi connectivity index (χ1) is 14.1. The van der Waals surface area contributed by atoms with Gasteiger partial charge in [0.2, 0.25) is 5.91 Å². The number of carbonyl (C=O) groups is 1. The lowest BCUT2D eigenvalue weighted by molar-refractivity contribution is -0.120. The van der Waals surface area contributed by atoms with Crippen molar-refractivity contribution in [3.05, 3.63) is 82.2 Å². The first kappa shape index (κ1) is 19.3. The van der Waals surface area contributed by atoms with Crippen LogP contribution >= 0.6 is 22.9 Å². The van der Waals surface area contributed by atoms with Crippen molar-refractivity contribution in [2.24, 2.45) is 0 Å². The van der Waals surface area contributed by atoms with Gasteiger partial charge < -0.3 is 5.32 Å². The van der Waals surface area contributed by atoms with E-state index < -0.39 is 0 Å². The van der Waals surface area contributed by atoms with Gasteiger partial charge in [-0.1, -0.05) is 23.7 Å². The van der Waals surface area contributed by atoms with Crippen molar-refractivity contribution in [3.63, 3.8) is 0 Å². The first-order valence-corrected chi connectivity index (χ1v) is 10.1. The Labute approximate surface area is 175 Å². The first-order valence-electron chi connectivity index (χ1n) is 8.84. The van der Waals surface area contributed by atoms with Crippen LogP contribution in [0.4, 0.5) is 4.39 Å². The predicted molar refractivity (Wildman–Crippen MR) is 112 cm³/mol.